The van der Waals surface area contributed by atoms with Gasteiger partial charge in [0.2, 0.25) is 5.91 Å². The van der Waals surface area contributed by atoms with Gasteiger partial charge >= 0.3 is 0 Å². The number of rotatable bonds is 3. The van der Waals surface area contributed by atoms with Crippen LogP contribution in [-0.4, -0.2) is 23.5 Å². The van der Waals surface area contributed by atoms with E-state index in [1.54, 1.807) is 11.3 Å². The van der Waals surface area contributed by atoms with E-state index in [2.05, 4.69) is 22.5 Å². The first kappa shape index (κ1) is 14.2. The van der Waals surface area contributed by atoms with Crippen molar-refractivity contribution in [3.8, 4) is 11.3 Å². The van der Waals surface area contributed by atoms with Gasteiger partial charge in [0.05, 0.1) is 16.7 Å². The van der Waals surface area contributed by atoms with Crippen LogP contribution in [0.4, 0.5) is 5.69 Å². The van der Waals surface area contributed by atoms with Gasteiger partial charge in [0.1, 0.15) is 0 Å². The molecule has 110 valence electrons. The fraction of sp³-hybridized carbons (Fsp3) is 0.375. The van der Waals surface area contributed by atoms with Crippen molar-refractivity contribution in [1.29, 1.82) is 0 Å². The molecule has 1 aliphatic heterocycles. The van der Waals surface area contributed by atoms with Crippen LogP contribution < -0.4 is 10.6 Å². The van der Waals surface area contributed by atoms with E-state index in [1.165, 1.54) is 0 Å². The highest BCUT2D eigenvalue weighted by Gasteiger charge is 2.29. The summed E-state index contributed by atoms with van der Waals surface area (Å²) in [6, 6.07) is 7.78. The Bertz CT molecular complexity index is 635. The summed E-state index contributed by atoms with van der Waals surface area (Å²) in [5.74, 6) is 0.444. The lowest BCUT2D eigenvalue weighted by Gasteiger charge is -2.15. The van der Waals surface area contributed by atoms with Gasteiger partial charge in [-0.1, -0.05) is 19.1 Å². The average Bonchev–Trinajstić information content (AvgIpc) is 3.08. The van der Waals surface area contributed by atoms with Gasteiger partial charge in [-0.05, 0) is 37.9 Å². The molecule has 0 bridgehead atoms. The van der Waals surface area contributed by atoms with Crippen molar-refractivity contribution in [1.82, 2.24) is 10.3 Å². The van der Waals surface area contributed by atoms with E-state index in [0.717, 1.165) is 34.9 Å². The molecule has 1 fully saturated rings. The van der Waals surface area contributed by atoms with Crippen LogP contribution in [0.15, 0.2) is 29.6 Å². The minimum atomic E-state index is -0.0779. The van der Waals surface area contributed by atoms with E-state index in [9.17, 15) is 4.79 Å². The Morgan fingerprint density at radius 3 is 2.71 bits per heavy atom. The number of carbonyl (C=O) groups is 1. The topological polar surface area (TPSA) is 54.0 Å². The van der Waals surface area contributed by atoms with Crippen molar-refractivity contribution in [2.45, 2.75) is 26.3 Å². The Morgan fingerprint density at radius 2 is 2.14 bits per heavy atom. The maximum absolute atomic E-state index is 12.2. The van der Waals surface area contributed by atoms with Gasteiger partial charge in [-0.2, -0.15) is 0 Å². The lowest BCUT2D eigenvalue weighted by Crippen LogP contribution is -2.39. The first-order valence-electron chi connectivity index (χ1n) is 7.20. The molecule has 1 saturated heterocycles. The minimum absolute atomic E-state index is 0.0530. The Balaban J connectivity index is 1.68. The van der Waals surface area contributed by atoms with Crippen molar-refractivity contribution in [3.05, 3.63) is 34.7 Å². The molecule has 1 aromatic carbocycles. The lowest BCUT2D eigenvalue weighted by atomic mass is 10.0. The number of anilines is 1. The molecule has 2 N–H and O–H groups in total. The third-order valence-electron chi connectivity index (χ3n) is 3.88. The van der Waals surface area contributed by atoms with E-state index in [0.29, 0.717) is 5.92 Å². The second kappa shape index (κ2) is 5.95. The number of hydrogen-bond donors (Lipinski definition) is 2. The molecule has 1 aromatic heterocycles. The first-order chi connectivity index (χ1) is 10.1. The Kier molecular flexibility index (Phi) is 4.03. The van der Waals surface area contributed by atoms with Gasteiger partial charge in [-0.15, -0.1) is 11.3 Å². The molecule has 2 unspecified atom stereocenters. The molecule has 5 heteroatoms. The number of amides is 1. The SMILES string of the molecule is Cc1nc(-c2ccc(NC(=O)C3NCCC3C)cc2)cs1. The van der Waals surface area contributed by atoms with Gasteiger partial charge in [-0.3, -0.25) is 4.79 Å². The summed E-state index contributed by atoms with van der Waals surface area (Å²) in [6.45, 7) is 5.03. The number of carbonyl (C=O) groups excluding carboxylic acids is 1. The zero-order chi connectivity index (χ0) is 14.8. The summed E-state index contributed by atoms with van der Waals surface area (Å²) in [7, 11) is 0. The van der Waals surface area contributed by atoms with E-state index >= 15 is 0 Å². The van der Waals surface area contributed by atoms with Crippen LogP contribution >= 0.6 is 11.3 Å². The first-order valence-corrected chi connectivity index (χ1v) is 8.08. The monoisotopic (exact) mass is 301 g/mol. The Labute approximate surface area is 128 Å². The predicted molar refractivity (Wildman–Crippen MR) is 86.5 cm³/mol. The molecule has 3 rings (SSSR count). The van der Waals surface area contributed by atoms with Gasteiger partial charge in [0.25, 0.3) is 0 Å². The summed E-state index contributed by atoms with van der Waals surface area (Å²) in [6.07, 6.45) is 1.06. The molecular formula is C16H19N3OS. The average molecular weight is 301 g/mol. The second-order valence-corrected chi connectivity index (χ2v) is 6.58. The summed E-state index contributed by atoms with van der Waals surface area (Å²) in [5, 5.41) is 9.33. The molecule has 1 amide bonds. The maximum Gasteiger partial charge on any atom is 0.241 e. The third-order valence-corrected chi connectivity index (χ3v) is 4.66. The second-order valence-electron chi connectivity index (χ2n) is 5.52. The predicted octanol–water partition coefficient (Wildman–Crippen LogP) is 3.06. The van der Waals surface area contributed by atoms with Crippen molar-refractivity contribution in [2.75, 3.05) is 11.9 Å². The summed E-state index contributed by atoms with van der Waals surface area (Å²) >= 11 is 1.64. The zero-order valence-corrected chi connectivity index (χ0v) is 13.0. The number of benzene rings is 1. The molecule has 1 aliphatic rings. The number of nitrogens with zero attached hydrogens (tertiary/aromatic N) is 1. The van der Waals surface area contributed by atoms with Gasteiger partial charge < -0.3 is 10.6 Å². The Morgan fingerprint density at radius 1 is 1.38 bits per heavy atom. The van der Waals surface area contributed by atoms with E-state index in [1.807, 2.05) is 36.6 Å². The van der Waals surface area contributed by atoms with Crippen LogP contribution in [0.1, 0.15) is 18.4 Å². The van der Waals surface area contributed by atoms with Crippen molar-refractivity contribution in [3.63, 3.8) is 0 Å². The summed E-state index contributed by atoms with van der Waals surface area (Å²) in [5.41, 5.74) is 2.89. The molecule has 2 aromatic rings. The van der Waals surface area contributed by atoms with Crippen LogP contribution in [0, 0.1) is 12.8 Å². The number of aromatic nitrogens is 1. The quantitative estimate of drug-likeness (QED) is 0.916. The molecule has 0 saturated carbocycles. The number of nitrogens with one attached hydrogen (secondary N) is 2. The highest BCUT2D eigenvalue weighted by Crippen LogP contribution is 2.23. The van der Waals surface area contributed by atoms with Crippen molar-refractivity contribution >= 4 is 22.9 Å². The van der Waals surface area contributed by atoms with Crippen LogP contribution in [0.25, 0.3) is 11.3 Å². The van der Waals surface area contributed by atoms with Crippen LogP contribution in [0.3, 0.4) is 0 Å². The van der Waals surface area contributed by atoms with Gasteiger partial charge in [0, 0.05) is 16.6 Å². The molecule has 21 heavy (non-hydrogen) atoms. The van der Waals surface area contributed by atoms with E-state index < -0.39 is 0 Å². The molecule has 0 radical (unpaired) electrons. The smallest absolute Gasteiger partial charge is 0.241 e. The fourth-order valence-electron chi connectivity index (χ4n) is 2.63. The molecule has 4 nitrogen and oxygen atoms in total. The normalized spacial score (nSPS) is 21.4. The molecule has 0 spiro atoms. The maximum atomic E-state index is 12.2. The summed E-state index contributed by atoms with van der Waals surface area (Å²) in [4.78, 5) is 16.7. The van der Waals surface area contributed by atoms with Crippen molar-refractivity contribution < 1.29 is 4.79 Å². The van der Waals surface area contributed by atoms with Gasteiger partial charge in [-0.25, -0.2) is 4.98 Å². The van der Waals surface area contributed by atoms with Crippen LogP contribution in [-0.2, 0) is 4.79 Å². The number of thiazole rings is 1. The molecule has 0 aliphatic carbocycles. The molecule has 2 heterocycles. The van der Waals surface area contributed by atoms with Crippen molar-refractivity contribution in [2.24, 2.45) is 5.92 Å². The van der Waals surface area contributed by atoms with Crippen LogP contribution in [0.5, 0.6) is 0 Å². The minimum Gasteiger partial charge on any atom is -0.325 e. The number of hydrogen-bond acceptors (Lipinski definition) is 4. The van der Waals surface area contributed by atoms with Gasteiger partial charge in [0.15, 0.2) is 0 Å². The number of aryl methyl sites for hydroxylation is 1. The van der Waals surface area contributed by atoms with Crippen LogP contribution in [0.2, 0.25) is 0 Å². The van der Waals surface area contributed by atoms with E-state index in [4.69, 9.17) is 0 Å². The molecule has 2 atom stereocenters. The third kappa shape index (κ3) is 3.14. The lowest BCUT2D eigenvalue weighted by molar-refractivity contribution is -0.118. The fourth-order valence-corrected chi connectivity index (χ4v) is 3.25. The molecular weight excluding hydrogens is 282 g/mol. The zero-order valence-electron chi connectivity index (χ0n) is 12.2. The Hall–Kier alpha value is -1.72. The standard InChI is InChI=1S/C16H19N3OS/c1-10-7-8-17-15(10)16(20)19-13-5-3-12(4-6-13)14-9-21-11(2)18-14/h3-6,9-10,15,17H,7-8H2,1-2H3,(H,19,20). The van der Waals surface area contributed by atoms with E-state index in [-0.39, 0.29) is 11.9 Å². The summed E-state index contributed by atoms with van der Waals surface area (Å²) < 4.78 is 0. The highest BCUT2D eigenvalue weighted by molar-refractivity contribution is 7.09. The highest BCUT2D eigenvalue weighted by atomic mass is 32.1. The largest absolute Gasteiger partial charge is 0.325 e.